The fraction of sp³-hybridized carbons (Fsp3) is 0.871. The van der Waals surface area contributed by atoms with E-state index in [9.17, 15) is 14.2 Å². The first kappa shape index (κ1) is 38.8. The highest BCUT2D eigenvalue weighted by Gasteiger charge is 2.22. The summed E-state index contributed by atoms with van der Waals surface area (Å²) in [5.74, 6) is -0.896. The van der Waals surface area contributed by atoms with Crippen molar-refractivity contribution in [3.8, 4) is 0 Å². The van der Waals surface area contributed by atoms with Crippen LogP contribution in [0.25, 0.3) is 0 Å². The van der Waals surface area contributed by atoms with Crippen molar-refractivity contribution in [1.82, 2.24) is 0 Å². The largest absolute Gasteiger partial charge is 0.469 e. The van der Waals surface area contributed by atoms with E-state index < -0.39 is 32.5 Å². The van der Waals surface area contributed by atoms with Gasteiger partial charge in [-0.1, -0.05) is 116 Å². The highest BCUT2D eigenvalue weighted by atomic mass is 31.2. The average molecular weight is 591 g/mol. The molecule has 0 heterocycles. The lowest BCUT2D eigenvalue weighted by Gasteiger charge is -2.18. The summed E-state index contributed by atoms with van der Waals surface area (Å²) in [6.07, 6.45) is 26.5. The second kappa shape index (κ2) is 27.9. The standard InChI is InChI=1S/C31H59O8P/c1-3-5-7-9-11-13-15-16-18-20-22-24-26-31(33)39-29(28-38-40(34,35)36)27-37-30(32)25-23-21-19-17-14-12-10-8-6-4-2/h11,13,29H,3-10,12,14-28H2,1-2H3,(H2,34,35,36)/b13-11+/t29-/m0/s1. The molecule has 8 nitrogen and oxygen atoms in total. The molecule has 0 aromatic heterocycles. The van der Waals surface area contributed by atoms with E-state index in [1.54, 1.807) is 0 Å². The van der Waals surface area contributed by atoms with Gasteiger partial charge in [-0.15, -0.1) is 0 Å². The van der Waals surface area contributed by atoms with Crippen LogP contribution in [0.3, 0.4) is 0 Å². The van der Waals surface area contributed by atoms with E-state index in [1.165, 1.54) is 64.2 Å². The molecular formula is C31H59O8P. The zero-order valence-corrected chi connectivity index (χ0v) is 26.4. The zero-order chi connectivity index (χ0) is 29.7. The molecule has 0 aliphatic rings. The summed E-state index contributed by atoms with van der Waals surface area (Å²) in [6.45, 7) is 3.61. The van der Waals surface area contributed by atoms with Crippen molar-refractivity contribution in [3.05, 3.63) is 12.2 Å². The lowest BCUT2D eigenvalue weighted by atomic mass is 10.1. The van der Waals surface area contributed by atoms with Crippen molar-refractivity contribution in [2.45, 2.75) is 161 Å². The maximum atomic E-state index is 12.3. The maximum Gasteiger partial charge on any atom is 0.469 e. The Labute approximate surface area is 244 Å². The number of phosphoric acid groups is 1. The highest BCUT2D eigenvalue weighted by Crippen LogP contribution is 2.35. The van der Waals surface area contributed by atoms with Crippen molar-refractivity contribution in [3.63, 3.8) is 0 Å². The smallest absolute Gasteiger partial charge is 0.462 e. The molecule has 236 valence electrons. The Morgan fingerprint density at radius 1 is 0.625 bits per heavy atom. The zero-order valence-electron chi connectivity index (χ0n) is 25.5. The van der Waals surface area contributed by atoms with Gasteiger partial charge in [-0.2, -0.15) is 0 Å². The van der Waals surface area contributed by atoms with Crippen LogP contribution in [0, 0.1) is 0 Å². The number of carbonyl (C=O) groups is 2. The monoisotopic (exact) mass is 590 g/mol. The molecule has 0 fully saturated rings. The van der Waals surface area contributed by atoms with Gasteiger partial charge in [0.25, 0.3) is 0 Å². The SMILES string of the molecule is CCCCC/C=C/CCCCCCCC(=O)O[C@@H](COC(=O)CCCCCCCCCCCC)COP(=O)(O)O. The molecule has 0 aromatic carbocycles. The number of unbranched alkanes of at least 4 members (excludes halogenated alkanes) is 17. The molecule has 0 aliphatic heterocycles. The summed E-state index contributed by atoms with van der Waals surface area (Å²) < 4.78 is 26.1. The number of allylic oxidation sites excluding steroid dienone is 2. The first-order valence-corrected chi connectivity index (χ1v) is 17.5. The molecular weight excluding hydrogens is 531 g/mol. The number of carbonyl (C=O) groups excluding carboxylic acids is 2. The quantitative estimate of drug-likeness (QED) is 0.0384. The minimum absolute atomic E-state index is 0.205. The van der Waals surface area contributed by atoms with Gasteiger partial charge in [-0.25, -0.2) is 4.57 Å². The summed E-state index contributed by atoms with van der Waals surface area (Å²) in [4.78, 5) is 42.4. The molecule has 1 atom stereocenters. The van der Waals surface area contributed by atoms with Gasteiger partial charge in [0, 0.05) is 12.8 Å². The third-order valence-electron chi connectivity index (χ3n) is 6.78. The number of phosphoric ester groups is 1. The molecule has 0 saturated carbocycles. The maximum absolute atomic E-state index is 12.3. The Morgan fingerprint density at radius 3 is 1.57 bits per heavy atom. The van der Waals surface area contributed by atoms with Crippen LogP contribution < -0.4 is 0 Å². The molecule has 40 heavy (non-hydrogen) atoms. The van der Waals surface area contributed by atoms with Crippen LogP contribution in [-0.2, 0) is 28.2 Å². The van der Waals surface area contributed by atoms with Crippen LogP contribution in [-0.4, -0.2) is 41.0 Å². The Morgan fingerprint density at radius 2 is 1.05 bits per heavy atom. The summed E-state index contributed by atoms with van der Waals surface area (Å²) in [7, 11) is -4.74. The number of ether oxygens (including phenoxy) is 2. The van der Waals surface area contributed by atoms with Crippen LogP contribution in [0.4, 0.5) is 0 Å². The molecule has 0 spiro atoms. The Hall–Kier alpha value is -1.21. The van der Waals surface area contributed by atoms with E-state index in [-0.39, 0.29) is 19.4 Å². The Balaban J connectivity index is 4.05. The third kappa shape index (κ3) is 29.8. The minimum atomic E-state index is -4.74. The van der Waals surface area contributed by atoms with Crippen molar-refractivity contribution in [1.29, 1.82) is 0 Å². The van der Waals surface area contributed by atoms with Gasteiger partial charge < -0.3 is 19.3 Å². The van der Waals surface area contributed by atoms with Gasteiger partial charge in [0.1, 0.15) is 6.61 Å². The summed E-state index contributed by atoms with van der Waals surface area (Å²) in [5.41, 5.74) is 0. The van der Waals surface area contributed by atoms with Crippen LogP contribution in [0.2, 0.25) is 0 Å². The minimum Gasteiger partial charge on any atom is -0.462 e. The third-order valence-corrected chi connectivity index (χ3v) is 7.27. The van der Waals surface area contributed by atoms with E-state index in [0.717, 1.165) is 57.8 Å². The normalized spacial score (nSPS) is 12.6. The van der Waals surface area contributed by atoms with E-state index in [0.29, 0.717) is 6.42 Å². The summed E-state index contributed by atoms with van der Waals surface area (Å²) in [5, 5.41) is 0. The van der Waals surface area contributed by atoms with Gasteiger partial charge in [0.05, 0.1) is 6.61 Å². The van der Waals surface area contributed by atoms with Gasteiger partial charge >= 0.3 is 19.8 Å². The van der Waals surface area contributed by atoms with Gasteiger partial charge in [0.2, 0.25) is 0 Å². The van der Waals surface area contributed by atoms with E-state index in [2.05, 4.69) is 30.5 Å². The highest BCUT2D eigenvalue weighted by molar-refractivity contribution is 7.46. The van der Waals surface area contributed by atoms with Crippen molar-refractivity contribution in [2.75, 3.05) is 13.2 Å². The number of hydrogen-bond acceptors (Lipinski definition) is 6. The average Bonchev–Trinajstić information content (AvgIpc) is 2.91. The molecule has 0 rings (SSSR count). The second-order valence-electron chi connectivity index (χ2n) is 10.8. The molecule has 0 aliphatic carbocycles. The number of hydrogen-bond donors (Lipinski definition) is 2. The van der Waals surface area contributed by atoms with E-state index in [1.807, 2.05) is 0 Å². The number of rotatable bonds is 29. The lowest BCUT2D eigenvalue weighted by molar-refractivity contribution is -0.161. The fourth-order valence-electron chi connectivity index (χ4n) is 4.37. The van der Waals surface area contributed by atoms with Gasteiger partial charge in [-0.05, 0) is 38.5 Å². The molecule has 0 radical (unpaired) electrons. The molecule has 0 unspecified atom stereocenters. The summed E-state index contributed by atoms with van der Waals surface area (Å²) in [6, 6.07) is 0. The van der Waals surface area contributed by atoms with Crippen molar-refractivity contribution in [2.24, 2.45) is 0 Å². The molecule has 0 amide bonds. The van der Waals surface area contributed by atoms with Crippen molar-refractivity contribution < 1.29 is 37.9 Å². The van der Waals surface area contributed by atoms with Gasteiger partial charge in [0.15, 0.2) is 6.10 Å². The first-order chi connectivity index (χ1) is 19.3. The predicted molar refractivity (Wildman–Crippen MR) is 161 cm³/mol. The number of esters is 2. The van der Waals surface area contributed by atoms with Gasteiger partial charge in [-0.3, -0.25) is 14.1 Å². The second-order valence-corrected chi connectivity index (χ2v) is 12.0. The Kier molecular flexibility index (Phi) is 27.1. The van der Waals surface area contributed by atoms with E-state index in [4.69, 9.17) is 19.3 Å². The fourth-order valence-corrected chi connectivity index (χ4v) is 4.73. The molecule has 0 saturated heterocycles. The topological polar surface area (TPSA) is 119 Å². The molecule has 0 aromatic rings. The molecule has 2 N–H and O–H groups in total. The Bertz CT molecular complexity index is 676. The van der Waals surface area contributed by atoms with E-state index >= 15 is 0 Å². The predicted octanol–water partition coefficient (Wildman–Crippen LogP) is 8.73. The van der Waals surface area contributed by atoms with Crippen molar-refractivity contribution >= 4 is 19.8 Å². The van der Waals surface area contributed by atoms with Crippen LogP contribution in [0.5, 0.6) is 0 Å². The van der Waals surface area contributed by atoms with Crippen LogP contribution in [0.1, 0.15) is 155 Å². The first-order valence-electron chi connectivity index (χ1n) is 16.0. The lowest BCUT2D eigenvalue weighted by Crippen LogP contribution is -2.29. The molecule has 9 heteroatoms. The summed E-state index contributed by atoms with van der Waals surface area (Å²) >= 11 is 0. The van der Waals surface area contributed by atoms with Crippen LogP contribution in [0.15, 0.2) is 12.2 Å². The molecule has 0 bridgehead atoms. The van der Waals surface area contributed by atoms with Crippen LogP contribution >= 0.6 is 7.82 Å².